The van der Waals surface area contributed by atoms with Crippen LogP contribution in [0, 0.1) is 10.1 Å². The molecule has 0 aliphatic rings. The van der Waals surface area contributed by atoms with Crippen LogP contribution in [0.3, 0.4) is 0 Å². The van der Waals surface area contributed by atoms with Gasteiger partial charge in [0.05, 0.1) is 9.95 Å². The van der Waals surface area contributed by atoms with Gasteiger partial charge in [-0.05, 0) is 6.07 Å². The average Bonchev–Trinajstić information content (AvgIpc) is 2.16. The average molecular weight is 210 g/mol. The Hall–Kier alpha value is -1.75. The van der Waals surface area contributed by atoms with Crippen molar-refractivity contribution >= 4 is 28.3 Å². The summed E-state index contributed by atoms with van der Waals surface area (Å²) in [5, 5.41) is 11.4. The molecule has 0 aromatic carbocycles. The molecule has 0 saturated heterocycles. The maximum absolute atomic E-state index is 10.4. The highest BCUT2D eigenvalue weighted by Gasteiger charge is 2.07. The van der Waals surface area contributed by atoms with E-state index in [-0.39, 0.29) is 5.69 Å². The molecule has 0 radical (unpaired) electrons. The molecule has 0 N–H and O–H groups in total. The quantitative estimate of drug-likeness (QED) is 0.533. The Kier molecular flexibility index (Phi) is 2.01. The maximum Gasteiger partial charge on any atom is 0.288 e. The first-order chi connectivity index (χ1) is 6.66. The van der Waals surface area contributed by atoms with Crippen LogP contribution in [-0.2, 0) is 0 Å². The van der Waals surface area contributed by atoms with Crippen molar-refractivity contribution in [3.05, 3.63) is 39.7 Å². The molecule has 0 aliphatic heterocycles. The van der Waals surface area contributed by atoms with Crippen molar-refractivity contribution in [2.75, 3.05) is 0 Å². The number of rotatable bonds is 1. The minimum atomic E-state index is -0.507. The van der Waals surface area contributed by atoms with Crippen molar-refractivity contribution in [2.24, 2.45) is 0 Å². The van der Waals surface area contributed by atoms with Crippen LogP contribution in [0.4, 0.5) is 5.69 Å². The van der Waals surface area contributed by atoms with E-state index in [4.69, 9.17) is 11.6 Å². The Morgan fingerprint density at radius 2 is 2.00 bits per heavy atom. The number of hydrogen-bond acceptors (Lipinski definition) is 4. The lowest BCUT2D eigenvalue weighted by Crippen LogP contribution is -1.90. The molecule has 0 unspecified atom stereocenters. The monoisotopic (exact) mass is 209 g/mol. The highest BCUT2D eigenvalue weighted by atomic mass is 35.5. The van der Waals surface area contributed by atoms with Gasteiger partial charge in [0.25, 0.3) is 5.69 Å². The molecule has 14 heavy (non-hydrogen) atoms. The second-order valence-electron chi connectivity index (χ2n) is 2.65. The van der Waals surface area contributed by atoms with E-state index in [1.54, 1.807) is 6.07 Å². The van der Waals surface area contributed by atoms with Crippen LogP contribution >= 0.6 is 11.6 Å². The van der Waals surface area contributed by atoms with Gasteiger partial charge in [-0.2, -0.15) is 0 Å². The molecule has 0 aliphatic carbocycles. The normalized spacial score (nSPS) is 10.4. The summed E-state index contributed by atoms with van der Waals surface area (Å²) in [6.07, 6.45) is 2.62. The van der Waals surface area contributed by atoms with Crippen molar-refractivity contribution < 1.29 is 4.92 Å². The van der Waals surface area contributed by atoms with Crippen LogP contribution < -0.4 is 0 Å². The zero-order valence-electron chi connectivity index (χ0n) is 6.85. The van der Waals surface area contributed by atoms with Crippen molar-refractivity contribution in [3.8, 4) is 0 Å². The fourth-order valence-electron chi connectivity index (χ4n) is 1.09. The van der Waals surface area contributed by atoms with E-state index in [2.05, 4.69) is 9.97 Å². The van der Waals surface area contributed by atoms with Crippen molar-refractivity contribution in [1.29, 1.82) is 0 Å². The Morgan fingerprint density at radius 3 is 2.71 bits per heavy atom. The smallest absolute Gasteiger partial charge is 0.258 e. The molecule has 0 saturated carbocycles. The molecule has 6 heteroatoms. The Morgan fingerprint density at radius 1 is 1.29 bits per heavy atom. The number of hydrogen-bond donors (Lipinski definition) is 0. The summed E-state index contributed by atoms with van der Waals surface area (Å²) in [4.78, 5) is 17.7. The van der Waals surface area contributed by atoms with Crippen molar-refractivity contribution in [1.82, 2.24) is 9.97 Å². The first-order valence-electron chi connectivity index (χ1n) is 3.72. The lowest BCUT2D eigenvalue weighted by molar-refractivity contribution is -0.385. The van der Waals surface area contributed by atoms with E-state index in [1.807, 2.05) is 0 Å². The third kappa shape index (κ3) is 1.49. The molecule has 0 amide bonds. The van der Waals surface area contributed by atoms with Gasteiger partial charge < -0.3 is 0 Å². The minimum Gasteiger partial charge on any atom is -0.258 e. The molecule has 0 atom stereocenters. The Labute approximate surface area is 83.5 Å². The highest BCUT2D eigenvalue weighted by Crippen LogP contribution is 2.19. The van der Waals surface area contributed by atoms with Crippen LogP contribution in [-0.4, -0.2) is 14.9 Å². The van der Waals surface area contributed by atoms with Gasteiger partial charge in [0, 0.05) is 17.6 Å². The van der Waals surface area contributed by atoms with Crippen LogP contribution in [0.5, 0.6) is 0 Å². The van der Waals surface area contributed by atoms with Gasteiger partial charge in [0.2, 0.25) is 0 Å². The molecular weight excluding hydrogens is 206 g/mol. The molecule has 0 fully saturated rings. The zero-order valence-corrected chi connectivity index (χ0v) is 7.60. The topological polar surface area (TPSA) is 68.9 Å². The lowest BCUT2D eigenvalue weighted by Gasteiger charge is -1.96. The van der Waals surface area contributed by atoms with E-state index < -0.39 is 4.92 Å². The number of pyridine rings is 2. The van der Waals surface area contributed by atoms with E-state index in [0.717, 1.165) is 0 Å². The first kappa shape index (κ1) is 8.83. The van der Waals surface area contributed by atoms with Crippen LogP contribution in [0.25, 0.3) is 11.0 Å². The summed E-state index contributed by atoms with van der Waals surface area (Å²) in [5.74, 6) is 0. The SMILES string of the molecule is O=[N+]([O-])c1cnc2ncc(Cl)cc2c1. The number of aromatic nitrogens is 2. The van der Waals surface area contributed by atoms with Gasteiger partial charge >= 0.3 is 0 Å². The number of nitrogens with zero attached hydrogens (tertiary/aromatic N) is 3. The van der Waals surface area contributed by atoms with E-state index >= 15 is 0 Å². The summed E-state index contributed by atoms with van der Waals surface area (Å²) < 4.78 is 0. The van der Waals surface area contributed by atoms with Crippen LogP contribution in [0.15, 0.2) is 24.5 Å². The summed E-state index contributed by atoms with van der Waals surface area (Å²) >= 11 is 5.69. The summed E-state index contributed by atoms with van der Waals surface area (Å²) in [6, 6.07) is 2.98. The lowest BCUT2D eigenvalue weighted by atomic mass is 10.3. The van der Waals surface area contributed by atoms with Gasteiger partial charge in [-0.15, -0.1) is 0 Å². The largest absolute Gasteiger partial charge is 0.288 e. The van der Waals surface area contributed by atoms with E-state index in [0.29, 0.717) is 16.1 Å². The predicted octanol–water partition coefficient (Wildman–Crippen LogP) is 2.19. The molecule has 5 nitrogen and oxygen atoms in total. The van der Waals surface area contributed by atoms with Crippen molar-refractivity contribution in [3.63, 3.8) is 0 Å². The summed E-state index contributed by atoms with van der Waals surface area (Å²) in [5.41, 5.74) is 0.376. The van der Waals surface area contributed by atoms with Crippen molar-refractivity contribution in [2.45, 2.75) is 0 Å². The van der Waals surface area contributed by atoms with E-state index in [9.17, 15) is 10.1 Å². The fourth-order valence-corrected chi connectivity index (χ4v) is 1.25. The molecule has 0 bridgehead atoms. The van der Waals surface area contributed by atoms with Gasteiger partial charge in [-0.25, -0.2) is 9.97 Å². The second-order valence-corrected chi connectivity index (χ2v) is 3.09. The zero-order chi connectivity index (χ0) is 10.1. The molecule has 2 rings (SSSR count). The first-order valence-corrected chi connectivity index (χ1v) is 4.10. The van der Waals surface area contributed by atoms with E-state index in [1.165, 1.54) is 18.5 Å². The van der Waals surface area contributed by atoms with Gasteiger partial charge in [0.1, 0.15) is 6.20 Å². The molecule has 70 valence electrons. The van der Waals surface area contributed by atoms with Gasteiger partial charge in [-0.1, -0.05) is 11.6 Å². The fraction of sp³-hybridized carbons (Fsp3) is 0. The molecule has 0 spiro atoms. The predicted molar refractivity (Wildman–Crippen MR) is 51.2 cm³/mol. The minimum absolute atomic E-state index is 0.0680. The maximum atomic E-state index is 10.4. The Balaban J connectivity index is 2.69. The Bertz CT molecular complexity index is 515. The van der Waals surface area contributed by atoms with Crippen LogP contribution in [0.1, 0.15) is 0 Å². The molecule has 2 heterocycles. The number of nitro groups is 1. The highest BCUT2D eigenvalue weighted by molar-refractivity contribution is 6.31. The molecule has 2 aromatic rings. The standard InChI is InChI=1S/C8H4ClN3O2/c9-6-1-5-2-7(12(13)14)4-11-8(5)10-3-6/h1-4H. The second kappa shape index (κ2) is 3.19. The van der Waals surface area contributed by atoms with Gasteiger partial charge in [0.15, 0.2) is 5.65 Å². The molecular formula is C8H4ClN3O2. The van der Waals surface area contributed by atoms with Crippen LogP contribution in [0.2, 0.25) is 5.02 Å². The summed E-state index contributed by atoms with van der Waals surface area (Å²) in [6.45, 7) is 0. The molecule has 2 aromatic heterocycles. The van der Waals surface area contributed by atoms with Gasteiger partial charge in [-0.3, -0.25) is 10.1 Å². The third-order valence-electron chi connectivity index (χ3n) is 1.70. The summed E-state index contributed by atoms with van der Waals surface area (Å²) in [7, 11) is 0. The number of fused-ring (bicyclic) bond motifs is 1. The number of halogens is 1. The third-order valence-corrected chi connectivity index (χ3v) is 1.90.